The van der Waals surface area contributed by atoms with Gasteiger partial charge >= 0.3 is 0 Å². The number of rotatable bonds is 3. The lowest BCUT2D eigenvalue weighted by molar-refractivity contribution is 0.484. The summed E-state index contributed by atoms with van der Waals surface area (Å²) in [7, 11) is 0. The molecule has 0 saturated carbocycles. The van der Waals surface area contributed by atoms with E-state index in [1.165, 1.54) is 0 Å². The van der Waals surface area contributed by atoms with E-state index in [9.17, 15) is 5.26 Å². The number of nitrogens with zero attached hydrogens (tertiary/aromatic N) is 2. The van der Waals surface area contributed by atoms with Crippen LogP contribution in [0.2, 0.25) is 0 Å². The quantitative estimate of drug-likeness (QED) is 0.848. The predicted octanol–water partition coefficient (Wildman–Crippen LogP) is 2.47. The number of nitriles is 1. The van der Waals surface area contributed by atoms with Crippen LogP contribution in [0.4, 0.5) is 5.69 Å². The second-order valence-electron chi connectivity index (χ2n) is 4.50. The van der Waals surface area contributed by atoms with Gasteiger partial charge in [0.05, 0.1) is 11.3 Å². The van der Waals surface area contributed by atoms with Crippen LogP contribution in [0.25, 0.3) is 0 Å². The van der Waals surface area contributed by atoms with Gasteiger partial charge < -0.3 is 10.2 Å². The third kappa shape index (κ3) is 2.80. The molecule has 1 heterocycles. The number of nitrogens with one attached hydrogen (secondary N) is 1. The molecule has 0 amide bonds. The zero-order valence-electron chi connectivity index (χ0n) is 10.9. The van der Waals surface area contributed by atoms with E-state index < -0.39 is 0 Å². The van der Waals surface area contributed by atoms with E-state index in [-0.39, 0.29) is 0 Å². The molecule has 0 radical (unpaired) electrons. The SMILES string of the molecule is CCSc1cccc(N2CCNC(C)C2)c1C#N. The van der Waals surface area contributed by atoms with Crippen LogP contribution in [0.5, 0.6) is 0 Å². The Morgan fingerprint density at radius 2 is 2.39 bits per heavy atom. The van der Waals surface area contributed by atoms with E-state index in [0.717, 1.165) is 41.5 Å². The van der Waals surface area contributed by atoms with Crippen LogP contribution in [0.15, 0.2) is 23.1 Å². The van der Waals surface area contributed by atoms with E-state index in [1.807, 2.05) is 6.07 Å². The smallest absolute Gasteiger partial charge is 0.103 e. The summed E-state index contributed by atoms with van der Waals surface area (Å²) in [6, 6.07) is 9.02. The fourth-order valence-electron chi connectivity index (χ4n) is 2.32. The zero-order chi connectivity index (χ0) is 13.0. The molecule has 18 heavy (non-hydrogen) atoms. The van der Waals surface area contributed by atoms with Crippen molar-refractivity contribution in [2.24, 2.45) is 0 Å². The molecule has 4 heteroatoms. The van der Waals surface area contributed by atoms with Crippen LogP contribution < -0.4 is 10.2 Å². The second kappa shape index (κ2) is 6.12. The van der Waals surface area contributed by atoms with Crippen molar-refractivity contribution in [2.75, 3.05) is 30.3 Å². The van der Waals surface area contributed by atoms with Crippen molar-refractivity contribution < 1.29 is 0 Å². The minimum atomic E-state index is 0.479. The average molecular weight is 261 g/mol. The van der Waals surface area contributed by atoms with Gasteiger partial charge in [-0.3, -0.25) is 0 Å². The number of hydrogen-bond acceptors (Lipinski definition) is 4. The third-order valence-electron chi connectivity index (χ3n) is 3.13. The highest BCUT2D eigenvalue weighted by molar-refractivity contribution is 7.99. The molecule has 1 N–H and O–H groups in total. The highest BCUT2D eigenvalue weighted by atomic mass is 32.2. The van der Waals surface area contributed by atoms with Crippen LogP contribution in [-0.4, -0.2) is 31.4 Å². The average Bonchev–Trinajstić information content (AvgIpc) is 2.39. The van der Waals surface area contributed by atoms with Gasteiger partial charge in [0.25, 0.3) is 0 Å². The molecule has 0 aliphatic carbocycles. The summed E-state index contributed by atoms with van der Waals surface area (Å²) in [5, 5.41) is 12.8. The highest BCUT2D eigenvalue weighted by Crippen LogP contribution is 2.30. The van der Waals surface area contributed by atoms with Crippen LogP contribution in [0.3, 0.4) is 0 Å². The molecule has 3 nitrogen and oxygen atoms in total. The summed E-state index contributed by atoms with van der Waals surface area (Å²) in [5.74, 6) is 0.996. The molecule has 1 aromatic carbocycles. The summed E-state index contributed by atoms with van der Waals surface area (Å²) in [6.45, 7) is 7.22. The number of hydrogen-bond donors (Lipinski definition) is 1. The number of benzene rings is 1. The van der Waals surface area contributed by atoms with Gasteiger partial charge in [0, 0.05) is 30.6 Å². The first-order chi connectivity index (χ1) is 8.76. The van der Waals surface area contributed by atoms with Gasteiger partial charge in [0.2, 0.25) is 0 Å². The molecule has 0 spiro atoms. The van der Waals surface area contributed by atoms with Crippen molar-refractivity contribution in [2.45, 2.75) is 24.8 Å². The minimum absolute atomic E-state index is 0.479. The largest absolute Gasteiger partial charge is 0.368 e. The lowest BCUT2D eigenvalue weighted by Gasteiger charge is -2.34. The number of anilines is 1. The maximum Gasteiger partial charge on any atom is 0.103 e. The Morgan fingerprint density at radius 1 is 1.56 bits per heavy atom. The molecule has 1 fully saturated rings. The normalized spacial score (nSPS) is 19.6. The third-order valence-corrected chi connectivity index (χ3v) is 4.07. The topological polar surface area (TPSA) is 39.1 Å². The van der Waals surface area contributed by atoms with E-state index in [0.29, 0.717) is 6.04 Å². The molecular formula is C14H19N3S. The molecule has 1 aliphatic heterocycles. The maximum absolute atomic E-state index is 9.42. The van der Waals surface area contributed by atoms with Crippen LogP contribution in [0.1, 0.15) is 19.4 Å². The Morgan fingerprint density at radius 3 is 3.06 bits per heavy atom. The molecule has 1 aliphatic rings. The first-order valence-corrected chi connectivity index (χ1v) is 7.39. The summed E-state index contributed by atoms with van der Waals surface area (Å²) >= 11 is 1.74. The van der Waals surface area contributed by atoms with E-state index in [4.69, 9.17) is 0 Å². The monoisotopic (exact) mass is 261 g/mol. The standard InChI is InChI=1S/C14H19N3S/c1-3-18-14-6-4-5-13(12(14)9-15)17-8-7-16-11(2)10-17/h4-6,11,16H,3,7-8,10H2,1-2H3. The van der Waals surface area contributed by atoms with Gasteiger partial charge in [-0.15, -0.1) is 11.8 Å². The fourth-order valence-corrected chi connectivity index (χ4v) is 3.10. The molecule has 1 saturated heterocycles. The summed E-state index contributed by atoms with van der Waals surface area (Å²) in [6.07, 6.45) is 0. The van der Waals surface area contributed by atoms with Crippen LogP contribution >= 0.6 is 11.8 Å². The second-order valence-corrected chi connectivity index (χ2v) is 5.80. The Balaban J connectivity index is 2.32. The Kier molecular flexibility index (Phi) is 4.51. The molecule has 96 valence electrons. The molecule has 0 bridgehead atoms. The number of piperazine rings is 1. The molecule has 0 aromatic heterocycles. The van der Waals surface area contributed by atoms with E-state index in [2.05, 4.69) is 42.3 Å². The maximum atomic E-state index is 9.42. The molecule has 1 atom stereocenters. The highest BCUT2D eigenvalue weighted by Gasteiger charge is 2.19. The van der Waals surface area contributed by atoms with Crippen LogP contribution in [-0.2, 0) is 0 Å². The first-order valence-electron chi connectivity index (χ1n) is 6.40. The molecule has 1 unspecified atom stereocenters. The Hall–Kier alpha value is -1.18. The van der Waals surface area contributed by atoms with E-state index >= 15 is 0 Å². The fraction of sp³-hybridized carbons (Fsp3) is 0.500. The minimum Gasteiger partial charge on any atom is -0.368 e. The van der Waals surface area contributed by atoms with Gasteiger partial charge in [-0.05, 0) is 24.8 Å². The van der Waals surface area contributed by atoms with Gasteiger partial charge in [0.1, 0.15) is 6.07 Å². The van der Waals surface area contributed by atoms with Gasteiger partial charge in [-0.25, -0.2) is 0 Å². The lowest BCUT2D eigenvalue weighted by atomic mass is 10.1. The van der Waals surface area contributed by atoms with Gasteiger partial charge in [-0.1, -0.05) is 13.0 Å². The Bertz CT molecular complexity index is 453. The van der Waals surface area contributed by atoms with Crippen molar-refractivity contribution in [1.29, 1.82) is 5.26 Å². The molecule has 2 rings (SSSR count). The van der Waals surface area contributed by atoms with Crippen LogP contribution in [0, 0.1) is 11.3 Å². The van der Waals surface area contributed by atoms with Crippen molar-refractivity contribution in [3.05, 3.63) is 23.8 Å². The lowest BCUT2D eigenvalue weighted by Crippen LogP contribution is -2.49. The summed E-state index contributed by atoms with van der Waals surface area (Å²) < 4.78 is 0. The summed E-state index contributed by atoms with van der Waals surface area (Å²) in [5.41, 5.74) is 1.92. The summed E-state index contributed by atoms with van der Waals surface area (Å²) in [4.78, 5) is 3.42. The van der Waals surface area contributed by atoms with Crippen molar-refractivity contribution in [3.63, 3.8) is 0 Å². The molecule has 1 aromatic rings. The molecular weight excluding hydrogens is 242 g/mol. The van der Waals surface area contributed by atoms with Crippen molar-refractivity contribution in [1.82, 2.24) is 5.32 Å². The van der Waals surface area contributed by atoms with Gasteiger partial charge in [0.15, 0.2) is 0 Å². The van der Waals surface area contributed by atoms with Gasteiger partial charge in [-0.2, -0.15) is 5.26 Å². The predicted molar refractivity (Wildman–Crippen MR) is 77.2 cm³/mol. The van der Waals surface area contributed by atoms with Crippen molar-refractivity contribution in [3.8, 4) is 6.07 Å². The number of thioether (sulfide) groups is 1. The van der Waals surface area contributed by atoms with E-state index in [1.54, 1.807) is 11.8 Å². The first kappa shape index (κ1) is 13.3. The Labute approximate surface area is 113 Å². The van der Waals surface area contributed by atoms with Crippen molar-refractivity contribution >= 4 is 17.4 Å². The zero-order valence-corrected chi connectivity index (χ0v) is 11.8.